The molecule has 5 heteroatoms. The monoisotopic (exact) mass is 303 g/mol. The Bertz CT molecular complexity index is 376. The first kappa shape index (κ1) is 17.8. The maximum atomic E-state index is 12.0. The molecule has 0 heterocycles. The van der Waals surface area contributed by atoms with Gasteiger partial charge >= 0.3 is 6.18 Å². The van der Waals surface area contributed by atoms with E-state index in [1.807, 2.05) is 24.3 Å². The Morgan fingerprint density at radius 2 is 1.76 bits per heavy atom. The Labute approximate surface area is 124 Å². The van der Waals surface area contributed by atoms with Crippen molar-refractivity contribution in [2.75, 3.05) is 13.2 Å². The van der Waals surface area contributed by atoms with Gasteiger partial charge in [-0.25, -0.2) is 0 Å². The first-order chi connectivity index (χ1) is 10.0. The minimum atomic E-state index is -4.06. The van der Waals surface area contributed by atoms with Crippen molar-refractivity contribution < 1.29 is 17.9 Å². The van der Waals surface area contributed by atoms with E-state index in [4.69, 9.17) is 4.74 Å². The summed E-state index contributed by atoms with van der Waals surface area (Å²) in [5.41, 5.74) is 1.04. The third kappa shape index (κ3) is 9.34. The molecule has 0 aliphatic heterocycles. The van der Waals surface area contributed by atoms with Crippen LogP contribution in [0.4, 0.5) is 13.2 Å². The molecular formula is C16H24F3NO. The van der Waals surface area contributed by atoms with E-state index in [1.54, 1.807) is 0 Å². The highest BCUT2D eigenvalue weighted by molar-refractivity contribution is 5.27. The molecule has 0 aliphatic carbocycles. The molecule has 0 unspecified atom stereocenters. The van der Waals surface area contributed by atoms with E-state index < -0.39 is 12.6 Å². The van der Waals surface area contributed by atoms with Gasteiger partial charge in [0.1, 0.15) is 5.75 Å². The maximum absolute atomic E-state index is 12.0. The average Bonchev–Trinajstić information content (AvgIpc) is 2.43. The number of nitrogens with one attached hydrogen (secondary N) is 1. The van der Waals surface area contributed by atoms with Gasteiger partial charge in [0.05, 0.1) is 6.61 Å². The molecule has 0 atom stereocenters. The lowest BCUT2D eigenvalue weighted by Gasteiger charge is -2.09. The van der Waals surface area contributed by atoms with Crippen LogP contribution >= 0.6 is 0 Å². The molecule has 0 spiro atoms. The van der Waals surface area contributed by atoms with Crippen molar-refractivity contribution in [1.29, 1.82) is 0 Å². The van der Waals surface area contributed by atoms with Gasteiger partial charge in [-0.15, -0.1) is 0 Å². The molecule has 0 saturated carbocycles. The number of alkyl halides is 3. The minimum Gasteiger partial charge on any atom is -0.494 e. The number of halogens is 3. The molecule has 1 aromatic rings. The highest BCUT2D eigenvalue weighted by atomic mass is 19.4. The van der Waals surface area contributed by atoms with Gasteiger partial charge in [0.15, 0.2) is 0 Å². The molecule has 0 saturated heterocycles. The van der Waals surface area contributed by atoms with Crippen molar-refractivity contribution in [3.63, 3.8) is 0 Å². The van der Waals surface area contributed by atoms with Gasteiger partial charge in [-0.1, -0.05) is 31.9 Å². The van der Waals surface area contributed by atoms with Gasteiger partial charge in [-0.3, -0.25) is 0 Å². The summed E-state index contributed by atoms with van der Waals surface area (Å²) in [5, 5.41) is 3.01. The molecule has 120 valence electrons. The lowest BCUT2D eigenvalue weighted by molar-refractivity contribution is -0.135. The zero-order valence-electron chi connectivity index (χ0n) is 12.5. The molecule has 21 heavy (non-hydrogen) atoms. The highest BCUT2D eigenvalue weighted by Crippen LogP contribution is 2.20. The quantitative estimate of drug-likeness (QED) is 0.633. The highest BCUT2D eigenvalue weighted by Gasteiger charge is 2.25. The zero-order chi connectivity index (χ0) is 15.6. The normalized spacial score (nSPS) is 11.6. The fourth-order valence-corrected chi connectivity index (χ4v) is 1.89. The molecular weight excluding hydrogens is 279 g/mol. The van der Waals surface area contributed by atoms with Crippen LogP contribution in [0, 0.1) is 0 Å². The zero-order valence-corrected chi connectivity index (χ0v) is 12.5. The molecule has 0 amide bonds. The fraction of sp³-hybridized carbons (Fsp3) is 0.625. The fourth-order valence-electron chi connectivity index (χ4n) is 1.89. The van der Waals surface area contributed by atoms with Gasteiger partial charge in [-0.05, 0) is 37.1 Å². The molecule has 1 rings (SSSR count). The average molecular weight is 303 g/mol. The van der Waals surface area contributed by atoms with E-state index >= 15 is 0 Å². The van der Waals surface area contributed by atoms with Crippen LogP contribution in [-0.4, -0.2) is 19.3 Å². The number of hydrogen-bond acceptors (Lipinski definition) is 2. The Morgan fingerprint density at radius 3 is 2.38 bits per heavy atom. The van der Waals surface area contributed by atoms with Crippen LogP contribution in [0.2, 0.25) is 0 Å². The SMILES string of the molecule is CCCCCOc1ccc(CNCCCC(F)(F)F)cc1. The Kier molecular flexibility index (Phi) is 8.20. The van der Waals surface area contributed by atoms with Crippen LogP contribution in [0.25, 0.3) is 0 Å². The second kappa shape index (κ2) is 9.66. The van der Waals surface area contributed by atoms with E-state index in [0.29, 0.717) is 13.1 Å². The van der Waals surface area contributed by atoms with Crippen LogP contribution in [0.3, 0.4) is 0 Å². The molecule has 0 fully saturated rings. The summed E-state index contributed by atoms with van der Waals surface area (Å²) < 4.78 is 41.5. The van der Waals surface area contributed by atoms with Crippen LogP contribution in [0.1, 0.15) is 44.6 Å². The summed E-state index contributed by atoms with van der Waals surface area (Å²) in [5.74, 6) is 0.840. The van der Waals surface area contributed by atoms with Crippen LogP contribution < -0.4 is 10.1 Å². The van der Waals surface area contributed by atoms with Gasteiger partial charge < -0.3 is 10.1 Å². The number of rotatable bonds is 10. The molecule has 0 radical (unpaired) electrons. The van der Waals surface area contributed by atoms with Crippen LogP contribution in [0.15, 0.2) is 24.3 Å². The van der Waals surface area contributed by atoms with Gasteiger partial charge in [0.2, 0.25) is 0 Å². The molecule has 0 aliphatic rings. The first-order valence-electron chi connectivity index (χ1n) is 7.50. The predicted octanol–water partition coefficient (Wildman–Crippen LogP) is 4.69. The molecule has 0 bridgehead atoms. The standard InChI is InChI=1S/C16H24F3NO/c1-2-3-4-12-21-15-8-6-14(7-9-15)13-20-11-5-10-16(17,18)19/h6-9,20H,2-5,10-13H2,1H3. The van der Waals surface area contributed by atoms with Gasteiger partial charge in [-0.2, -0.15) is 13.2 Å². The first-order valence-corrected chi connectivity index (χ1v) is 7.50. The van der Waals surface area contributed by atoms with Gasteiger partial charge in [0, 0.05) is 13.0 Å². The van der Waals surface area contributed by atoms with E-state index in [9.17, 15) is 13.2 Å². The second-order valence-corrected chi connectivity index (χ2v) is 5.10. The smallest absolute Gasteiger partial charge is 0.389 e. The molecule has 1 aromatic carbocycles. The molecule has 2 nitrogen and oxygen atoms in total. The summed E-state index contributed by atoms with van der Waals surface area (Å²) >= 11 is 0. The van der Waals surface area contributed by atoms with Crippen LogP contribution in [-0.2, 0) is 6.54 Å². The number of hydrogen-bond donors (Lipinski definition) is 1. The van der Waals surface area contributed by atoms with Crippen molar-refractivity contribution in [2.24, 2.45) is 0 Å². The van der Waals surface area contributed by atoms with Crippen molar-refractivity contribution in [3.05, 3.63) is 29.8 Å². The van der Waals surface area contributed by atoms with E-state index in [0.717, 1.165) is 24.3 Å². The van der Waals surface area contributed by atoms with Crippen molar-refractivity contribution >= 4 is 0 Å². The van der Waals surface area contributed by atoms with Crippen molar-refractivity contribution in [2.45, 2.75) is 51.7 Å². The Hall–Kier alpha value is -1.23. The minimum absolute atomic E-state index is 0.113. The number of ether oxygens (including phenoxy) is 1. The second-order valence-electron chi connectivity index (χ2n) is 5.10. The predicted molar refractivity (Wildman–Crippen MR) is 78.5 cm³/mol. The van der Waals surface area contributed by atoms with Crippen molar-refractivity contribution in [1.82, 2.24) is 5.32 Å². The summed E-state index contributed by atoms with van der Waals surface area (Å²) in [6.07, 6.45) is -1.29. The molecule has 1 N–H and O–H groups in total. The summed E-state index contributed by atoms with van der Waals surface area (Å²) in [6, 6.07) is 7.68. The van der Waals surface area contributed by atoms with E-state index in [1.165, 1.54) is 12.8 Å². The number of benzene rings is 1. The Morgan fingerprint density at radius 1 is 1.05 bits per heavy atom. The lowest BCUT2D eigenvalue weighted by atomic mass is 10.2. The maximum Gasteiger partial charge on any atom is 0.389 e. The summed E-state index contributed by atoms with van der Waals surface area (Å²) in [7, 11) is 0. The van der Waals surface area contributed by atoms with Crippen molar-refractivity contribution in [3.8, 4) is 5.75 Å². The lowest BCUT2D eigenvalue weighted by Crippen LogP contribution is -2.17. The third-order valence-corrected chi connectivity index (χ3v) is 3.08. The summed E-state index contributed by atoms with van der Waals surface area (Å²) in [4.78, 5) is 0. The Balaban J connectivity index is 2.16. The van der Waals surface area contributed by atoms with Crippen LogP contribution in [0.5, 0.6) is 5.75 Å². The molecule has 0 aromatic heterocycles. The van der Waals surface area contributed by atoms with E-state index in [2.05, 4.69) is 12.2 Å². The topological polar surface area (TPSA) is 21.3 Å². The number of unbranched alkanes of at least 4 members (excludes halogenated alkanes) is 2. The van der Waals surface area contributed by atoms with Gasteiger partial charge in [0.25, 0.3) is 0 Å². The summed E-state index contributed by atoms with van der Waals surface area (Å²) in [6.45, 7) is 3.82. The third-order valence-electron chi connectivity index (χ3n) is 3.08. The largest absolute Gasteiger partial charge is 0.494 e. The van der Waals surface area contributed by atoms with E-state index in [-0.39, 0.29) is 6.42 Å².